The number of nitrogens with one attached hydrogen (secondary N) is 1. The molecule has 1 aliphatic rings. The topological polar surface area (TPSA) is 28.2 Å². The van der Waals surface area contributed by atoms with Crippen LogP contribution in [0.5, 0.6) is 0 Å². The number of nitrogens with zero attached hydrogens (tertiary/aromatic N) is 2. The summed E-state index contributed by atoms with van der Waals surface area (Å²) in [6.45, 7) is 2.66. The summed E-state index contributed by atoms with van der Waals surface area (Å²) in [7, 11) is 2.11. The third-order valence-electron chi connectivity index (χ3n) is 3.49. The third-order valence-corrected chi connectivity index (χ3v) is 4.62. The largest absolute Gasteiger partial charge is 0.308 e. The quantitative estimate of drug-likeness (QED) is 0.843. The number of aromatic nitrogens is 1. The van der Waals surface area contributed by atoms with Crippen LogP contribution in [0.2, 0.25) is 5.02 Å². The fraction of sp³-hybridized carbons (Fsp3) is 0.438. The SMILES string of the molecule is CN(Cc1cccc(Cl)c1)Cc1csc(CNC2CC2)n1. The molecule has 1 aromatic heterocycles. The molecule has 0 unspecified atom stereocenters. The summed E-state index contributed by atoms with van der Waals surface area (Å²) in [4.78, 5) is 6.96. The molecule has 0 bridgehead atoms. The highest BCUT2D eigenvalue weighted by atomic mass is 35.5. The van der Waals surface area contributed by atoms with Crippen LogP contribution >= 0.6 is 22.9 Å². The van der Waals surface area contributed by atoms with Crippen molar-refractivity contribution in [3.63, 3.8) is 0 Å². The molecule has 1 N–H and O–H groups in total. The predicted molar refractivity (Wildman–Crippen MR) is 88.6 cm³/mol. The first-order valence-corrected chi connectivity index (χ1v) is 8.54. The van der Waals surface area contributed by atoms with Crippen LogP contribution in [-0.2, 0) is 19.6 Å². The van der Waals surface area contributed by atoms with Crippen LogP contribution < -0.4 is 5.32 Å². The smallest absolute Gasteiger partial charge is 0.107 e. The highest BCUT2D eigenvalue weighted by Crippen LogP contribution is 2.20. The Bertz CT molecular complexity index is 595. The fourth-order valence-electron chi connectivity index (χ4n) is 2.30. The maximum absolute atomic E-state index is 6.02. The Morgan fingerprint density at radius 2 is 2.24 bits per heavy atom. The van der Waals surface area contributed by atoms with E-state index >= 15 is 0 Å². The molecule has 0 aliphatic heterocycles. The predicted octanol–water partition coefficient (Wildman–Crippen LogP) is 3.68. The minimum absolute atomic E-state index is 0.739. The van der Waals surface area contributed by atoms with Crippen LogP contribution in [-0.4, -0.2) is 23.0 Å². The number of benzene rings is 1. The van der Waals surface area contributed by atoms with E-state index in [4.69, 9.17) is 16.6 Å². The third kappa shape index (κ3) is 4.78. The van der Waals surface area contributed by atoms with Crippen LogP contribution in [0, 0.1) is 0 Å². The first-order chi connectivity index (χ1) is 10.2. The Labute approximate surface area is 135 Å². The molecule has 3 rings (SSSR count). The molecule has 21 heavy (non-hydrogen) atoms. The molecule has 2 aromatic rings. The van der Waals surface area contributed by atoms with Gasteiger partial charge in [-0.2, -0.15) is 0 Å². The van der Waals surface area contributed by atoms with Crippen molar-refractivity contribution in [2.75, 3.05) is 7.05 Å². The fourth-order valence-corrected chi connectivity index (χ4v) is 3.25. The van der Waals surface area contributed by atoms with Crippen molar-refractivity contribution in [2.45, 2.75) is 38.5 Å². The van der Waals surface area contributed by atoms with E-state index in [-0.39, 0.29) is 0 Å². The summed E-state index contributed by atoms with van der Waals surface area (Å²) in [6.07, 6.45) is 2.64. The van der Waals surface area contributed by atoms with Crippen LogP contribution in [0.25, 0.3) is 0 Å². The minimum atomic E-state index is 0.739. The maximum atomic E-state index is 6.02. The Hall–Kier alpha value is -0.940. The zero-order valence-corrected chi connectivity index (χ0v) is 13.8. The molecule has 5 heteroatoms. The lowest BCUT2D eigenvalue weighted by atomic mass is 10.2. The van der Waals surface area contributed by atoms with Gasteiger partial charge in [0, 0.05) is 36.1 Å². The molecule has 1 fully saturated rings. The van der Waals surface area contributed by atoms with E-state index in [1.165, 1.54) is 23.4 Å². The summed E-state index contributed by atoms with van der Waals surface area (Å²) < 4.78 is 0. The zero-order valence-electron chi connectivity index (χ0n) is 12.2. The Balaban J connectivity index is 1.50. The van der Waals surface area contributed by atoms with Crippen LogP contribution in [0.15, 0.2) is 29.6 Å². The van der Waals surface area contributed by atoms with E-state index in [0.29, 0.717) is 0 Å². The molecule has 1 saturated carbocycles. The number of hydrogen-bond donors (Lipinski definition) is 1. The maximum Gasteiger partial charge on any atom is 0.107 e. The second-order valence-electron chi connectivity index (χ2n) is 5.69. The van der Waals surface area contributed by atoms with Crippen LogP contribution in [0.3, 0.4) is 0 Å². The molecule has 0 saturated heterocycles. The first kappa shape index (κ1) is 15.0. The molecule has 0 atom stereocenters. The Kier molecular flexibility index (Phi) is 4.91. The summed E-state index contributed by atoms with van der Waals surface area (Å²) >= 11 is 7.77. The standard InChI is InChI=1S/C16H20ClN3S/c1-20(9-12-3-2-4-13(17)7-12)10-15-11-21-16(19-15)8-18-14-5-6-14/h2-4,7,11,14,18H,5-6,8-10H2,1H3. The monoisotopic (exact) mass is 321 g/mol. The second kappa shape index (κ2) is 6.88. The summed E-state index contributed by atoms with van der Waals surface area (Å²) in [5.41, 5.74) is 2.38. The molecule has 3 nitrogen and oxygen atoms in total. The van der Waals surface area contributed by atoms with Gasteiger partial charge < -0.3 is 5.32 Å². The van der Waals surface area contributed by atoms with Gasteiger partial charge in [0.05, 0.1) is 5.69 Å². The summed E-state index contributed by atoms with van der Waals surface area (Å²) in [5, 5.41) is 7.65. The number of halogens is 1. The average molecular weight is 322 g/mol. The van der Waals surface area contributed by atoms with Crippen LogP contribution in [0.4, 0.5) is 0 Å². The Morgan fingerprint density at radius 3 is 3.00 bits per heavy atom. The molecular weight excluding hydrogens is 302 g/mol. The number of rotatable bonds is 7. The van der Waals surface area contributed by atoms with Gasteiger partial charge in [0.2, 0.25) is 0 Å². The van der Waals surface area contributed by atoms with Crippen molar-refractivity contribution in [2.24, 2.45) is 0 Å². The van der Waals surface area contributed by atoms with Gasteiger partial charge in [0.25, 0.3) is 0 Å². The van der Waals surface area contributed by atoms with Gasteiger partial charge >= 0.3 is 0 Å². The normalized spacial score (nSPS) is 14.8. The van der Waals surface area contributed by atoms with Gasteiger partial charge in [0.15, 0.2) is 0 Å². The van der Waals surface area contributed by atoms with Gasteiger partial charge in [-0.25, -0.2) is 4.98 Å². The lowest BCUT2D eigenvalue weighted by Crippen LogP contribution is -2.18. The van der Waals surface area contributed by atoms with E-state index in [1.807, 2.05) is 18.2 Å². The average Bonchev–Trinajstić information content (AvgIpc) is 3.17. The molecule has 0 amide bonds. The molecule has 0 spiro atoms. The number of hydrogen-bond acceptors (Lipinski definition) is 4. The summed E-state index contributed by atoms with van der Waals surface area (Å²) in [6, 6.07) is 8.77. The molecule has 112 valence electrons. The van der Waals surface area contributed by atoms with Gasteiger partial charge in [-0.15, -0.1) is 11.3 Å². The second-order valence-corrected chi connectivity index (χ2v) is 7.07. The van der Waals surface area contributed by atoms with Crippen molar-refractivity contribution >= 4 is 22.9 Å². The van der Waals surface area contributed by atoms with Crippen molar-refractivity contribution in [1.29, 1.82) is 0 Å². The van der Waals surface area contributed by atoms with Crippen molar-refractivity contribution < 1.29 is 0 Å². The highest BCUT2D eigenvalue weighted by molar-refractivity contribution is 7.09. The van der Waals surface area contributed by atoms with Crippen molar-refractivity contribution in [1.82, 2.24) is 15.2 Å². The van der Waals surface area contributed by atoms with Crippen LogP contribution in [0.1, 0.15) is 29.1 Å². The molecule has 1 aromatic carbocycles. The van der Waals surface area contributed by atoms with E-state index < -0.39 is 0 Å². The molecular formula is C16H20ClN3S. The Morgan fingerprint density at radius 1 is 1.38 bits per heavy atom. The zero-order chi connectivity index (χ0) is 14.7. The van der Waals surface area contributed by atoms with E-state index in [2.05, 4.69) is 28.7 Å². The van der Waals surface area contributed by atoms with Gasteiger partial charge in [-0.3, -0.25) is 4.90 Å². The lowest BCUT2D eigenvalue weighted by Gasteiger charge is -2.15. The minimum Gasteiger partial charge on any atom is -0.308 e. The molecule has 0 radical (unpaired) electrons. The van der Waals surface area contributed by atoms with E-state index in [9.17, 15) is 0 Å². The highest BCUT2D eigenvalue weighted by Gasteiger charge is 2.20. The van der Waals surface area contributed by atoms with Crippen molar-refractivity contribution in [3.05, 3.63) is 50.9 Å². The van der Waals surface area contributed by atoms with Gasteiger partial charge in [0.1, 0.15) is 5.01 Å². The van der Waals surface area contributed by atoms with E-state index in [1.54, 1.807) is 11.3 Å². The number of thiazole rings is 1. The summed E-state index contributed by atoms with van der Waals surface area (Å²) in [5.74, 6) is 0. The van der Waals surface area contributed by atoms with Gasteiger partial charge in [-0.05, 0) is 37.6 Å². The molecule has 1 heterocycles. The van der Waals surface area contributed by atoms with E-state index in [0.717, 1.165) is 36.4 Å². The van der Waals surface area contributed by atoms with Crippen molar-refractivity contribution in [3.8, 4) is 0 Å². The first-order valence-electron chi connectivity index (χ1n) is 7.29. The molecule has 1 aliphatic carbocycles. The lowest BCUT2D eigenvalue weighted by molar-refractivity contribution is 0.315. The van der Waals surface area contributed by atoms with Gasteiger partial charge in [-0.1, -0.05) is 23.7 Å².